The Morgan fingerprint density at radius 3 is 2.63 bits per heavy atom. The monoisotopic (exact) mass is 343 g/mol. The molecule has 1 rings (SSSR count). The molecular weight excluding hydrogens is 318 g/mol. The molecule has 0 aromatic heterocycles. The SMILES string of the molecule is CCCNC(C)c1cc(Br)ccc1SCC(C)CC. The van der Waals surface area contributed by atoms with Crippen molar-refractivity contribution in [2.75, 3.05) is 12.3 Å². The molecule has 0 bridgehead atoms. The van der Waals surface area contributed by atoms with E-state index in [1.807, 2.05) is 11.8 Å². The van der Waals surface area contributed by atoms with Crippen LogP contribution in [0.2, 0.25) is 0 Å². The van der Waals surface area contributed by atoms with Crippen LogP contribution in [0.4, 0.5) is 0 Å². The first-order chi connectivity index (χ1) is 9.08. The highest BCUT2D eigenvalue weighted by Gasteiger charge is 2.12. The van der Waals surface area contributed by atoms with Crippen molar-refractivity contribution >= 4 is 27.7 Å². The minimum atomic E-state index is 0.414. The minimum Gasteiger partial charge on any atom is -0.310 e. The molecule has 0 aliphatic rings. The molecule has 2 atom stereocenters. The number of halogens is 1. The van der Waals surface area contributed by atoms with Gasteiger partial charge in [-0.2, -0.15) is 0 Å². The second kappa shape index (κ2) is 9.04. The quantitative estimate of drug-likeness (QED) is 0.612. The lowest BCUT2D eigenvalue weighted by molar-refractivity contribution is 0.563. The van der Waals surface area contributed by atoms with Crippen LogP contribution in [0.1, 0.15) is 52.1 Å². The Morgan fingerprint density at radius 1 is 1.26 bits per heavy atom. The molecule has 2 unspecified atom stereocenters. The van der Waals surface area contributed by atoms with Gasteiger partial charge in [0, 0.05) is 21.2 Å². The number of hydrogen-bond donors (Lipinski definition) is 1. The number of rotatable bonds is 8. The summed E-state index contributed by atoms with van der Waals surface area (Å²) in [5, 5.41) is 3.58. The molecule has 0 radical (unpaired) electrons. The maximum Gasteiger partial charge on any atom is 0.0303 e. The van der Waals surface area contributed by atoms with Crippen LogP contribution in [0.5, 0.6) is 0 Å². The van der Waals surface area contributed by atoms with Gasteiger partial charge in [0.2, 0.25) is 0 Å². The lowest BCUT2D eigenvalue weighted by atomic mass is 10.1. The van der Waals surface area contributed by atoms with Crippen molar-refractivity contribution < 1.29 is 0 Å². The van der Waals surface area contributed by atoms with E-state index in [0.29, 0.717) is 6.04 Å². The first-order valence-electron chi connectivity index (χ1n) is 7.24. The molecule has 1 N–H and O–H groups in total. The van der Waals surface area contributed by atoms with E-state index in [-0.39, 0.29) is 0 Å². The molecule has 1 nitrogen and oxygen atoms in total. The van der Waals surface area contributed by atoms with Gasteiger partial charge in [0.1, 0.15) is 0 Å². The number of nitrogens with one attached hydrogen (secondary N) is 1. The Kier molecular flexibility index (Phi) is 8.12. The molecule has 108 valence electrons. The second-order valence-electron chi connectivity index (χ2n) is 5.18. The van der Waals surface area contributed by atoms with Gasteiger partial charge in [-0.25, -0.2) is 0 Å². The third-order valence-corrected chi connectivity index (χ3v) is 5.27. The first kappa shape index (κ1) is 17.1. The summed E-state index contributed by atoms with van der Waals surface area (Å²) in [7, 11) is 0. The largest absolute Gasteiger partial charge is 0.310 e. The molecule has 3 heteroatoms. The van der Waals surface area contributed by atoms with E-state index in [9.17, 15) is 0 Å². The Balaban J connectivity index is 2.78. The second-order valence-corrected chi connectivity index (χ2v) is 7.16. The zero-order valence-electron chi connectivity index (χ0n) is 12.5. The lowest BCUT2D eigenvalue weighted by Gasteiger charge is -2.19. The van der Waals surface area contributed by atoms with Gasteiger partial charge in [0.25, 0.3) is 0 Å². The van der Waals surface area contributed by atoms with Crippen LogP contribution in [0.3, 0.4) is 0 Å². The van der Waals surface area contributed by atoms with E-state index in [2.05, 4.69) is 67.1 Å². The summed E-state index contributed by atoms with van der Waals surface area (Å²) in [6.07, 6.45) is 2.43. The first-order valence-corrected chi connectivity index (χ1v) is 9.01. The van der Waals surface area contributed by atoms with Crippen LogP contribution < -0.4 is 5.32 Å². The van der Waals surface area contributed by atoms with Gasteiger partial charge in [-0.1, -0.05) is 43.1 Å². The third kappa shape index (κ3) is 5.88. The highest BCUT2D eigenvalue weighted by atomic mass is 79.9. The molecule has 1 aromatic rings. The summed E-state index contributed by atoms with van der Waals surface area (Å²) < 4.78 is 1.17. The van der Waals surface area contributed by atoms with Crippen LogP contribution in [0.25, 0.3) is 0 Å². The van der Waals surface area contributed by atoms with Gasteiger partial charge < -0.3 is 5.32 Å². The molecule has 0 saturated heterocycles. The van der Waals surface area contributed by atoms with E-state index in [1.54, 1.807) is 0 Å². The van der Waals surface area contributed by atoms with E-state index in [4.69, 9.17) is 0 Å². The molecule has 0 spiro atoms. The van der Waals surface area contributed by atoms with E-state index in [0.717, 1.165) is 12.5 Å². The van der Waals surface area contributed by atoms with Gasteiger partial charge >= 0.3 is 0 Å². The molecule has 0 fully saturated rings. The van der Waals surface area contributed by atoms with Crippen molar-refractivity contribution in [3.8, 4) is 0 Å². The molecule has 0 heterocycles. The normalized spacial score (nSPS) is 14.4. The summed E-state index contributed by atoms with van der Waals surface area (Å²) in [6, 6.07) is 7.06. The van der Waals surface area contributed by atoms with Gasteiger partial charge in [0.15, 0.2) is 0 Å². The van der Waals surface area contributed by atoms with Crippen LogP contribution in [0.15, 0.2) is 27.6 Å². The number of thioether (sulfide) groups is 1. The molecule has 0 saturated carbocycles. The average Bonchev–Trinajstić information content (AvgIpc) is 2.42. The molecule has 1 aromatic carbocycles. The Morgan fingerprint density at radius 2 is 2.00 bits per heavy atom. The van der Waals surface area contributed by atoms with Crippen molar-refractivity contribution in [3.63, 3.8) is 0 Å². The van der Waals surface area contributed by atoms with Gasteiger partial charge in [-0.3, -0.25) is 0 Å². The topological polar surface area (TPSA) is 12.0 Å². The Labute approximate surface area is 131 Å². The smallest absolute Gasteiger partial charge is 0.0303 e. The van der Waals surface area contributed by atoms with Gasteiger partial charge in [-0.15, -0.1) is 11.8 Å². The Bertz CT molecular complexity index is 381. The van der Waals surface area contributed by atoms with Gasteiger partial charge in [0.05, 0.1) is 0 Å². The summed E-state index contributed by atoms with van der Waals surface area (Å²) in [5.41, 5.74) is 1.41. The van der Waals surface area contributed by atoms with Crippen molar-refractivity contribution in [1.82, 2.24) is 5.32 Å². The lowest BCUT2D eigenvalue weighted by Crippen LogP contribution is -2.20. The molecule has 19 heavy (non-hydrogen) atoms. The van der Waals surface area contributed by atoms with Crippen LogP contribution in [-0.2, 0) is 0 Å². The highest BCUT2D eigenvalue weighted by molar-refractivity contribution is 9.10. The minimum absolute atomic E-state index is 0.414. The van der Waals surface area contributed by atoms with E-state index < -0.39 is 0 Å². The fraction of sp³-hybridized carbons (Fsp3) is 0.625. The van der Waals surface area contributed by atoms with Gasteiger partial charge in [-0.05, 0) is 49.6 Å². The summed E-state index contributed by atoms with van der Waals surface area (Å²) in [6.45, 7) is 10.1. The van der Waals surface area contributed by atoms with Crippen LogP contribution in [0, 0.1) is 5.92 Å². The average molecular weight is 344 g/mol. The maximum atomic E-state index is 3.59. The predicted molar refractivity (Wildman–Crippen MR) is 91.0 cm³/mol. The number of benzene rings is 1. The molecule has 0 aliphatic carbocycles. The zero-order valence-corrected chi connectivity index (χ0v) is 14.9. The van der Waals surface area contributed by atoms with E-state index >= 15 is 0 Å². The van der Waals surface area contributed by atoms with Crippen molar-refractivity contribution in [3.05, 3.63) is 28.2 Å². The van der Waals surface area contributed by atoms with Crippen molar-refractivity contribution in [2.24, 2.45) is 5.92 Å². The summed E-state index contributed by atoms with van der Waals surface area (Å²) >= 11 is 5.58. The van der Waals surface area contributed by atoms with Crippen molar-refractivity contribution in [1.29, 1.82) is 0 Å². The molecular formula is C16H26BrNS. The predicted octanol–water partition coefficient (Wildman–Crippen LogP) is 5.65. The fourth-order valence-electron chi connectivity index (χ4n) is 1.81. The fourth-order valence-corrected chi connectivity index (χ4v) is 3.46. The number of hydrogen-bond acceptors (Lipinski definition) is 2. The Hall–Kier alpha value is 0.01000. The van der Waals surface area contributed by atoms with E-state index in [1.165, 1.54) is 33.5 Å². The highest BCUT2D eigenvalue weighted by Crippen LogP contribution is 2.31. The summed E-state index contributed by atoms with van der Waals surface area (Å²) in [4.78, 5) is 1.42. The third-order valence-electron chi connectivity index (χ3n) is 3.36. The maximum absolute atomic E-state index is 3.59. The van der Waals surface area contributed by atoms with Crippen LogP contribution in [-0.4, -0.2) is 12.3 Å². The summed E-state index contributed by atoms with van der Waals surface area (Å²) in [5.74, 6) is 1.98. The van der Waals surface area contributed by atoms with Crippen molar-refractivity contribution in [2.45, 2.75) is 51.5 Å². The standard InChI is InChI=1S/C16H26BrNS/c1-5-9-18-13(4)15-10-14(17)7-8-16(15)19-11-12(3)6-2/h7-8,10,12-13,18H,5-6,9,11H2,1-4H3. The molecule has 0 aliphatic heterocycles. The zero-order chi connectivity index (χ0) is 14.3. The van der Waals surface area contributed by atoms with Crippen LogP contribution >= 0.6 is 27.7 Å². The molecule has 0 amide bonds.